The van der Waals surface area contributed by atoms with Gasteiger partial charge in [-0.15, -0.1) is 0 Å². The molecule has 0 unspecified atom stereocenters. The zero-order chi connectivity index (χ0) is 14.3. The molecule has 3 rings (SSSR count). The first kappa shape index (κ1) is 12.5. The summed E-state index contributed by atoms with van der Waals surface area (Å²) >= 11 is 0. The van der Waals surface area contributed by atoms with E-state index in [2.05, 4.69) is 0 Å². The smallest absolute Gasteiger partial charge is 0.208 e. The Morgan fingerprint density at radius 3 is 2.20 bits per heavy atom. The molecule has 20 heavy (non-hydrogen) atoms. The largest absolute Gasteiger partial charge is 0.501 e. The average Bonchev–Trinajstić information content (AvgIpc) is 2.84. The highest BCUT2D eigenvalue weighted by atomic mass is 16.5. The van der Waals surface area contributed by atoms with Crippen molar-refractivity contribution in [1.82, 2.24) is 0 Å². The normalized spacial score (nSPS) is 10.9. The quantitative estimate of drug-likeness (QED) is 0.793. The van der Waals surface area contributed by atoms with E-state index in [4.69, 9.17) is 18.6 Å². The summed E-state index contributed by atoms with van der Waals surface area (Å²) in [6, 6.07) is 7.54. The van der Waals surface area contributed by atoms with E-state index in [-0.39, 0.29) is 17.2 Å². The highest BCUT2D eigenvalue weighted by Crippen LogP contribution is 2.52. The van der Waals surface area contributed by atoms with Crippen LogP contribution in [0.1, 0.15) is 0 Å². The number of hydrogen-bond acceptors (Lipinski definition) is 5. The highest BCUT2D eigenvalue weighted by molar-refractivity contribution is 6.12. The summed E-state index contributed by atoms with van der Waals surface area (Å²) in [4.78, 5) is 0. The maximum Gasteiger partial charge on any atom is 0.208 e. The minimum absolute atomic E-state index is 0.140. The van der Waals surface area contributed by atoms with Crippen molar-refractivity contribution in [3.63, 3.8) is 0 Å². The number of aromatic hydroxyl groups is 1. The van der Waals surface area contributed by atoms with E-state index in [0.717, 1.165) is 10.8 Å². The van der Waals surface area contributed by atoms with E-state index in [1.54, 1.807) is 0 Å². The monoisotopic (exact) mass is 274 g/mol. The number of benzene rings is 2. The minimum Gasteiger partial charge on any atom is -0.501 e. The van der Waals surface area contributed by atoms with Crippen molar-refractivity contribution < 1.29 is 23.7 Å². The summed E-state index contributed by atoms with van der Waals surface area (Å²) in [7, 11) is 4.45. The molecule has 5 heteroatoms. The lowest BCUT2D eigenvalue weighted by atomic mass is 10.1. The van der Waals surface area contributed by atoms with E-state index in [1.165, 1.54) is 21.3 Å². The molecule has 0 aliphatic rings. The van der Waals surface area contributed by atoms with Gasteiger partial charge >= 0.3 is 0 Å². The molecule has 1 N–H and O–H groups in total. The number of furan rings is 1. The number of phenols is 1. The molecule has 0 radical (unpaired) electrons. The zero-order valence-electron chi connectivity index (χ0n) is 11.4. The van der Waals surface area contributed by atoms with Gasteiger partial charge in [-0.05, 0) is 6.07 Å². The summed E-state index contributed by atoms with van der Waals surface area (Å²) in [6.07, 6.45) is 0. The Morgan fingerprint density at radius 2 is 1.55 bits per heavy atom. The molecule has 0 fully saturated rings. The standard InChI is InChI=1S/C15H14O5/c1-17-12-10-8-6-4-5-7-9(8)20-13(10)15(19-3)11(16)14(12)18-2/h4-7,16H,1-3H3. The molecule has 0 aliphatic carbocycles. The van der Waals surface area contributed by atoms with Gasteiger partial charge in [0.05, 0.1) is 26.7 Å². The van der Waals surface area contributed by atoms with Gasteiger partial charge in [-0.2, -0.15) is 0 Å². The molecular weight excluding hydrogens is 260 g/mol. The zero-order valence-corrected chi connectivity index (χ0v) is 11.4. The van der Waals surface area contributed by atoms with Crippen LogP contribution in [0.25, 0.3) is 21.9 Å². The molecule has 0 saturated heterocycles. The summed E-state index contributed by atoms with van der Waals surface area (Å²) in [6.45, 7) is 0. The van der Waals surface area contributed by atoms with Gasteiger partial charge in [-0.1, -0.05) is 18.2 Å². The third kappa shape index (κ3) is 1.49. The first-order chi connectivity index (χ1) is 9.72. The van der Waals surface area contributed by atoms with Gasteiger partial charge in [0.25, 0.3) is 0 Å². The molecule has 0 bridgehead atoms. The van der Waals surface area contributed by atoms with Gasteiger partial charge < -0.3 is 23.7 Å². The first-order valence-corrected chi connectivity index (χ1v) is 6.05. The number of para-hydroxylation sites is 1. The maximum atomic E-state index is 10.2. The molecule has 0 spiro atoms. The van der Waals surface area contributed by atoms with Crippen molar-refractivity contribution in [2.45, 2.75) is 0 Å². The van der Waals surface area contributed by atoms with E-state index in [1.807, 2.05) is 24.3 Å². The van der Waals surface area contributed by atoms with Crippen molar-refractivity contribution in [2.75, 3.05) is 21.3 Å². The van der Waals surface area contributed by atoms with Crippen LogP contribution in [0.3, 0.4) is 0 Å². The van der Waals surface area contributed by atoms with Crippen LogP contribution in [0.15, 0.2) is 28.7 Å². The Morgan fingerprint density at radius 1 is 0.900 bits per heavy atom. The number of hydrogen-bond donors (Lipinski definition) is 1. The summed E-state index contributed by atoms with van der Waals surface area (Å²) in [5.41, 5.74) is 1.12. The third-order valence-electron chi connectivity index (χ3n) is 3.28. The predicted molar refractivity (Wildman–Crippen MR) is 75.0 cm³/mol. The Labute approximate surface area is 115 Å². The third-order valence-corrected chi connectivity index (χ3v) is 3.28. The van der Waals surface area contributed by atoms with Crippen LogP contribution in [0.2, 0.25) is 0 Å². The number of fused-ring (bicyclic) bond motifs is 3. The van der Waals surface area contributed by atoms with Crippen LogP contribution in [-0.4, -0.2) is 26.4 Å². The number of ether oxygens (including phenoxy) is 3. The van der Waals surface area contributed by atoms with Gasteiger partial charge in [-0.3, -0.25) is 0 Å². The van der Waals surface area contributed by atoms with Gasteiger partial charge in [0.15, 0.2) is 11.3 Å². The number of methoxy groups -OCH3 is 3. The van der Waals surface area contributed by atoms with Crippen LogP contribution in [0, 0.1) is 0 Å². The van der Waals surface area contributed by atoms with Crippen LogP contribution in [0.5, 0.6) is 23.0 Å². The average molecular weight is 274 g/mol. The maximum absolute atomic E-state index is 10.2. The predicted octanol–water partition coefficient (Wildman–Crippen LogP) is 3.32. The second-order valence-electron chi connectivity index (χ2n) is 4.25. The topological polar surface area (TPSA) is 61.1 Å². The molecule has 0 atom stereocenters. The lowest BCUT2D eigenvalue weighted by Crippen LogP contribution is -1.94. The first-order valence-electron chi connectivity index (χ1n) is 6.05. The Hall–Kier alpha value is -2.56. The fourth-order valence-corrected chi connectivity index (χ4v) is 2.44. The van der Waals surface area contributed by atoms with Gasteiger partial charge in [-0.25, -0.2) is 0 Å². The van der Waals surface area contributed by atoms with Crippen molar-refractivity contribution in [3.05, 3.63) is 24.3 Å². The molecule has 0 amide bonds. The van der Waals surface area contributed by atoms with Crippen LogP contribution in [0.4, 0.5) is 0 Å². The van der Waals surface area contributed by atoms with E-state index in [9.17, 15) is 5.11 Å². The lowest BCUT2D eigenvalue weighted by molar-refractivity contribution is 0.318. The molecular formula is C15H14O5. The Balaban J connectivity index is 2.59. The second kappa shape index (κ2) is 4.52. The van der Waals surface area contributed by atoms with Gasteiger partial charge in [0, 0.05) is 5.39 Å². The van der Waals surface area contributed by atoms with Crippen molar-refractivity contribution in [3.8, 4) is 23.0 Å². The Bertz CT molecular complexity index is 788. The molecule has 1 heterocycles. The van der Waals surface area contributed by atoms with Gasteiger partial charge in [0.1, 0.15) is 5.58 Å². The van der Waals surface area contributed by atoms with Crippen LogP contribution in [-0.2, 0) is 0 Å². The van der Waals surface area contributed by atoms with Crippen molar-refractivity contribution in [2.24, 2.45) is 0 Å². The number of rotatable bonds is 3. The fourth-order valence-electron chi connectivity index (χ4n) is 2.44. The number of phenolic OH excluding ortho intramolecular Hbond substituents is 1. The molecule has 1 aromatic heterocycles. The summed E-state index contributed by atoms with van der Waals surface area (Å²) < 4.78 is 21.7. The van der Waals surface area contributed by atoms with E-state index in [0.29, 0.717) is 16.9 Å². The fraction of sp³-hybridized carbons (Fsp3) is 0.200. The second-order valence-corrected chi connectivity index (χ2v) is 4.25. The van der Waals surface area contributed by atoms with Crippen LogP contribution >= 0.6 is 0 Å². The van der Waals surface area contributed by atoms with Crippen molar-refractivity contribution in [1.29, 1.82) is 0 Å². The molecule has 0 aliphatic heterocycles. The van der Waals surface area contributed by atoms with E-state index < -0.39 is 0 Å². The molecule has 2 aromatic carbocycles. The molecule has 5 nitrogen and oxygen atoms in total. The van der Waals surface area contributed by atoms with Crippen molar-refractivity contribution >= 4 is 21.9 Å². The lowest BCUT2D eigenvalue weighted by Gasteiger charge is -2.13. The molecule has 3 aromatic rings. The summed E-state index contributed by atoms with van der Waals surface area (Å²) in [5.74, 6) is 0.737. The van der Waals surface area contributed by atoms with E-state index >= 15 is 0 Å². The summed E-state index contributed by atoms with van der Waals surface area (Å²) in [5, 5.41) is 11.8. The SMILES string of the molecule is COc1c(O)c(OC)c2oc3ccccc3c2c1OC. The highest BCUT2D eigenvalue weighted by Gasteiger charge is 2.26. The molecule has 0 saturated carbocycles. The molecule has 104 valence electrons. The Kier molecular flexibility index (Phi) is 2.82. The van der Waals surface area contributed by atoms with Crippen LogP contribution < -0.4 is 14.2 Å². The van der Waals surface area contributed by atoms with Gasteiger partial charge in [0.2, 0.25) is 17.2 Å². The minimum atomic E-state index is -0.140.